The van der Waals surface area contributed by atoms with Crippen molar-refractivity contribution in [3.05, 3.63) is 35.4 Å². The van der Waals surface area contributed by atoms with Crippen LogP contribution in [0, 0.1) is 12.8 Å². The minimum atomic E-state index is -1.14. The van der Waals surface area contributed by atoms with E-state index in [1.54, 1.807) is 27.9 Å². The molecule has 0 aliphatic rings. The van der Waals surface area contributed by atoms with E-state index in [-0.39, 0.29) is 5.91 Å². The summed E-state index contributed by atoms with van der Waals surface area (Å²) >= 11 is 0. The largest absolute Gasteiger partial charge is 0.385 e. The Balaban J connectivity index is 3.01. The molecule has 0 aliphatic carbocycles. The molecule has 0 spiro atoms. The lowest BCUT2D eigenvalue weighted by Gasteiger charge is -2.31. The predicted octanol–water partition coefficient (Wildman–Crippen LogP) is 1.93. The monoisotopic (exact) mass is 235 g/mol. The number of rotatable bonds is 3. The van der Waals surface area contributed by atoms with Gasteiger partial charge in [-0.2, -0.15) is 0 Å². The van der Waals surface area contributed by atoms with Crippen LogP contribution in [-0.4, -0.2) is 30.0 Å². The maximum absolute atomic E-state index is 11.9. The lowest BCUT2D eigenvalue weighted by atomic mass is 9.83. The third-order valence-corrected chi connectivity index (χ3v) is 3.29. The lowest BCUT2D eigenvalue weighted by Crippen LogP contribution is -2.41. The Kier molecular flexibility index (Phi) is 3.94. The summed E-state index contributed by atoms with van der Waals surface area (Å²) < 4.78 is 0. The Hall–Kier alpha value is -1.35. The van der Waals surface area contributed by atoms with Gasteiger partial charge in [0.2, 0.25) is 5.91 Å². The van der Waals surface area contributed by atoms with E-state index >= 15 is 0 Å². The number of nitrogens with zero attached hydrogens (tertiary/aromatic N) is 1. The first-order chi connectivity index (χ1) is 7.76. The number of carbonyl (C=O) groups is 1. The molecule has 1 amide bonds. The van der Waals surface area contributed by atoms with Crippen LogP contribution in [0.2, 0.25) is 0 Å². The Labute approximate surface area is 103 Å². The summed E-state index contributed by atoms with van der Waals surface area (Å²) in [5, 5.41) is 10.5. The third-order valence-electron chi connectivity index (χ3n) is 3.29. The van der Waals surface area contributed by atoms with Gasteiger partial charge in [-0.3, -0.25) is 4.79 Å². The van der Waals surface area contributed by atoms with E-state index in [0.717, 1.165) is 11.1 Å². The van der Waals surface area contributed by atoms with Crippen molar-refractivity contribution in [2.75, 3.05) is 14.1 Å². The number of hydrogen-bond donors (Lipinski definition) is 1. The minimum Gasteiger partial charge on any atom is -0.385 e. The molecule has 1 rings (SSSR count). The minimum absolute atomic E-state index is 0.0735. The average Bonchev–Trinajstić information content (AvgIpc) is 2.27. The molecule has 1 aromatic carbocycles. The Morgan fingerprint density at radius 2 is 1.76 bits per heavy atom. The van der Waals surface area contributed by atoms with Crippen molar-refractivity contribution < 1.29 is 9.90 Å². The number of aliphatic hydroxyl groups is 1. The fourth-order valence-corrected chi connectivity index (χ4v) is 1.77. The molecule has 94 valence electrons. The Morgan fingerprint density at radius 1 is 1.29 bits per heavy atom. The molecule has 3 nitrogen and oxygen atoms in total. The van der Waals surface area contributed by atoms with Crippen LogP contribution in [0.3, 0.4) is 0 Å². The Bertz CT molecular complexity index is 393. The first-order valence-corrected chi connectivity index (χ1v) is 5.77. The zero-order chi connectivity index (χ0) is 13.2. The summed E-state index contributed by atoms with van der Waals surface area (Å²) in [4.78, 5) is 13.4. The summed E-state index contributed by atoms with van der Waals surface area (Å²) in [6, 6.07) is 7.62. The van der Waals surface area contributed by atoms with Gasteiger partial charge in [-0.1, -0.05) is 36.8 Å². The van der Waals surface area contributed by atoms with Crippen LogP contribution >= 0.6 is 0 Å². The molecule has 1 aromatic rings. The SMILES string of the molecule is Cc1ccc([C@](C)(O)[C@@H](C)C(=O)N(C)C)cc1. The summed E-state index contributed by atoms with van der Waals surface area (Å²) in [6.07, 6.45) is 0. The molecule has 0 unspecified atom stereocenters. The van der Waals surface area contributed by atoms with Crippen molar-refractivity contribution >= 4 is 5.91 Å². The highest BCUT2D eigenvalue weighted by Crippen LogP contribution is 2.30. The summed E-state index contributed by atoms with van der Waals surface area (Å²) in [5.41, 5.74) is 0.761. The van der Waals surface area contributed by atoms with Gasteiger partial charge in [0, 0.05) is 14.1 Å². The molecule has 0 aliphatic heterocycles. The zero-order valence-corrected chi connectivity index (χ0v) is 11.2. The van der Waals surface area contributed by atoms with Crippen LogP contribution in [0.5, 0.6) is 0 Å². The highest BCUT2D eigenvalue weighted by Gasteiger charge is 2.35. The molecule has 0 aromatic heterocycles. The second kappa shape index (κ2) is 4.88. The van der Waals surface area contributed by atoms with E-state index in [9.17, 15) is 9.90 Å². The Morgan fingerprint density at radius 3 is 2.18 bits per heavy atom. The topological polar surface area (TPSA) is 40.5 Å². The summed E-state index contributed by atoms with van der Waals surface area (Å²) in [6.45, 7) is 5.43. The van der Waals surface area contributed by atoms with Gasteiger partial charge in [-0.25, -0.2) is 0 Å². The maximum atomic E-state index is 11.9. The quantitative estimate of drug-likeness (QED) is 0.869. The molecule has 1 N–H and O–H groups in total. The number of carbonyl (C=O) groups excluding carboxylic acids is 1. The predicted molar refractivity (Wildman–Crippen MR) is 68.6 cm³/mol. The van der Waals surface area contributed by atoms with Crippen LogP contribution in [0.15, 0.2) is 24.3 Å². The highest BCUT2D eigenvalue weighted by atomic mass is 16.3. The van der Waals surface area contributed by atoms with Crippen molar-refractivity contribution in [2.45, 2.75) is 26.4 Å². The van der Waals surface area contributed by atoms with Gasteiger partial charge in [0.1, 0.15) is 0 Å². The van der Waals surface area contributed by atoms with Crippen LogP contribution < -0.4 is 0 Å². The first-order valence-electron chi connectivity index (χ1n) is 5.77. The van der Waals surface area contributed by atoms with Crippen LogP contribution in [0.1, 0.15) is 25.0 Å². The van der Waals surface area contributed by atoms with Gasteiger partial charge in [-0.05, 0) is 19.4 Å². The van der Waals surface area contributed by atoms with Crippen LogP contribution in [0.25, 0.3) is 0 Å². The fourth-order valence-electron chi connectivity index (χ4n) is 1.77. The molecule has 3 heteroatoms. The number of aryl methyl sites for hydroxylation is 1. The van der Waals surface area contributed by atoms with E-state index in [1.165, 1.54) is 4.90 Å². The zero-order valence-electron chi connectivity index (χ0n) is 11.2. The molecule has 0 radical (unpaired) electrons. The van der Waals surface area contributed by atoms with Crippen molar-refractivity contribution in [1.29, 1.82) is 0 Å². The van der Waals surface area contributed by atoms with E-state index in [2.05, 4.69) is 0 Å². The first kappa shape index (κ1) is 13.7. The number of amides is 1. The molecular weight excluding hydrogens is 214 g/mol. The lowest BCUT2D eigenvalue weighted by molar-refractivity contribution is -0.141. The molecule has 0 saturated heterocycles. The molecule has 0 fully saturated rings. The van der Waals surface area contributed by atoms with E-state index in [4.69, 9.17) is 0 Å². The van der Waals surface area contributed by atoms with Crippen molar-refractivity contribution in [2.24, 2.45) is 5.92 Å². The van der Waals surface area contributed by atoms with Crippen LogP contribution in [0.4, 0.5) is 0 Å². The van der Waals surface area contributed by atoms with Crippen LogP contribution in [-0.2, 0) is 10.4 Å². The molecule has 0 saturated carbocycles. The summed E-state index contributed by atoms with van der Waals surface area (Å²) in [5.74, 6) is -0.546. The van der Waals surface area contributed by atoms with Crippen molar-refractivity contribution in [1.82, 2.24) is 4.90 Å². The number of benzene rings is 1. The highest BCUT2D eigenvalue weighted by molar-refractivity contribution is 5.79. The smallest absolute Gasteiger partial charge is 0.228 e. The van der Waals surface area contributed by atoms with Gasteiger partial charge in [-0.15, -0.1) is 0 Å². The average molecular weight is 235 g/mol. The van der Waals surface area contributed by atoms with Gasteiger partial charge >= 0.3 is 0 Å². The van der Waals surface area contributed by atoms with E-state index < -0.39 is 11.5 Å². The second-order valence-electron chi connectivity index (χ2n) is 4.97. The van der Waals surface area contributed by atoms with Gasteiger partial charge in [0.15, 0.2) is 0 Å². The van der Waals surface area contributed by atoms with Gasteiger partial charge in [0.25, 0.3) is 0 Å². The molecule has 2 atom stereocenters. The standard InChI is InChI=1S/C14H21NO2/c1-10-6-8-12(9-7-10)14(3,17)11(2)13(16)15(4)5/h6-9,11,17H,1-5H3/t11-,14+/m0/s1. The van der Waals surface area contributed by atoms with Gasteiger partial charge in [0.05, 0.1) is 11.5 Å². The molecule has 17 heavy (non-hydrogen) atoms. The van der Waals surface area contributed by atoms with Crippen molar-refractivity contribution in [3.8, 4) is 0 Å². The van der Waals surface area contributed by atoms with Gasteiger partial charge < -0.3 is 10.0 Å². The normalized spacial score (nSPS) is 16.1. The second-order valence-corrected chi connectivity index (χ2v) is 4.97. The molecule has 0 heterocycles. The summed E-state index contributed by atoms with van der Waals surface area (Å²) in [7, 11) is 3.40. The number of hydrogen-bond acceptors (Lipinski definition) is 2. The van der Waals surface area contributed by atoms with E-state index in [1.807, 2.05) is 31.2 Å². The molecule has 0 bridgehead atoms. The van der Waals surface area contributed by atoms with E-state index in [0.29, 0.717) is 0 Å². The fraction of sp³-hybridized carbons (Fsp3) is 0.500. The molecular formula is C14H21NO2. The van der Waals surface area contributed by atoms with Crippen molar-refractivity contribution in [3.63, 3.8) is 0 Å². The maximum Gasteiger partial charge on any atom is 0.228 e. The third kappa shape index (κ3) is 2.86.